The Morgan fingerprint density at radius 2 is 2.05 bits per heavy atom. The third kappa shape index (κ3) is 6.02. The van der Waals surface area contributed by atoms with Crippen LogP contribution < -0.4 is 10.6 Å². The molecule has 4 nitrogen and oxygen atoms in total. The molecule has 0 aliphatic carbocycles. The lowest BCUT2D eigenvalue weighted by atomic mass is 10.1. The maximum Gasteiger partial charge on any atom is 0.191 e. The molecule has 0 radical (unpaired) electrons. The second-order valence-corrected chi connectivity index (χ2v) is 5.09. The number of nitrogens with zero attached hydrogens (tertiary/aromatic N) is 2. The molecule has 0 unspecified atom stereocenters. The maximum atomic E-state index is 13.4. The second-order valence-electron chi connectivity index (χ2n) is 5.09. The SMILES string of the molecule is CN=C(NCCCN(C)C)NCc1ccc(C)c(F)c1. The number of halogens is 1. The van der Waals surface area contributed by atoms with Crippen LogP contribution in [-0.4, -0.2) is 45.1 Å². The van der Waals surface area contributed by atoms with Crippen LogP contribution in [-0.2, 0) is 6.54 Å². The first-order valence-electron chi connectivity index (χ1n) is 6.87. The summed E-state index contributed by atoms with van der Waals surface area (Å²) in [5.74, 6) is 0.572. The fourth-order valence-electron chi connectivity index (χ4n) is 1.75. The molecule has 0 saturated carbocycles. The van der Waals surface area contributed by atoms with E-state index >= 15 is 0 Å². The molecule has 0 heterocycles. The first kappa shape index (κ1) is 16.4. The van der Waals surface area contributed by atoms with Gasteiger partial charge < -0.3 is 15.5 Å². The fraction of sp³-hybridized carbons (Fsp3) is 0.533. The summed E-state index contributed by atoms with van der Waals surface area (Å²) in [6.45, 7) is 4.22. The van der Waals surface area contributed by atoms with Crippen LogP contribution in [0.2, 0.25) is 0 Å². The van der Waals surface area contributed by atoms with Crippen LogP contribution in [0.5, 0.6) is 0 Å². The van der Waals surface area contributed by atoms with Gasteiger partial charge in [-0.15, -0.1) is 0 Å². The molecule has 2 N–H and O–H groups in total. The van der Waals surface area contributed by atoms with E-state index in [1.54, 1.807) is 26.1 Å². The smallest absolute Gasteiger partial charge is 0.191 e. The van der Waals surface area contributed by atoms with E-state index in [1.165, 1.54) is 0 Å². The second kappa shape index (κ2) is 8.53. The Bertz CT molecular complexity index is 443. The first-order valence-corrected chi connectivity index (χ1v) is 6.87. The zero-order valence-corrected chi connectivity index (χ0v) is 12.8. The average molecular weight is 280 g/mol. The molecule has 0 bridgehead atoms. The molecule has 0 aromatic heterocycles. The van der Waals surface area contributed by atoms with Crippen molar-refractivity contribution in [3.8, 4) is 0 Å². The maximum absolute atomic E-state index is 13.4. The van der Waals surface area contributed by atoms with Crippen LogP contribution in [0.15, 0.2) is 23.2 Å². The lowest BCUT2D eigenvalue weighted by Gasteiger charge is -2.13. The Hall–Kier alpha value is -1.62. The number of aliphatic imine (C=N–C) groups is 1. The van der Waals surface area contributed by atoms with Crippen LogP contribution in [0.25, 0.3) is 0 Å². The van der Waals surface area contributed by atoms with Crippen molar-refractivity contribution < 1.29 is 4.39 Å². The van der Waals surface area contributed by atoms with Gasteiger partial charge in [0.15, 0.2) is 5.96 Å². The summed E-state index contributed by atoms with van der Waals surface area (Å²) in [4.78, 5) is 6.29. The molecule has 0 aliphatic rings. The molecule has 0 fully saturated rings. The van der Waals surface area contributed by atoms with Crippen LogP contribution >= 0.6 is 0 Å². The molecule has 20 heavy (non-hydrogen) atoms. The number of hydrogen-bond acceptors (Lipinski definition) is 2. The highest BCUT2D eigenvalue weighted by atomic mass is 19.1. The predicted octanol–water partition coefficient (Wildman–Crippen LogP) is 1.75. The number of rotatable bonds is 6. The Morgan fingerprint density at radius 3 is 2.65 bits per heavy atom. The van der Waals surface area contributed by atoms with E-state index in [2.05, 4.69) is 34.6 Å². The molecule has 1 rings (SSSR count). The van der Waals surface area contributed by atoms with Crippen LogP contribution in [0.4, 0.5) is 4.39 Å². The van der Waals surface area contributed by atoms with Gasteiger partial charge in [-0.2, -0.15) is 0 Å². The zero-order chi connectivity index (χ0) is 15.0. The van der Waals surface area contributed by atoms with Gasteiger partial charge in [0.2, 0.25) is 0 Å². The monoisotopic (exact) mass is 280 g/mol. The quantitative estimate of drug-likeness (QED) is 0.474. The van der Waals surface area contributed by atoms with E-state index in [0.717, 1.165) is 31.0 Å². The number of guanidine groups is 1. The summed E-state index contributed by atoms with van der Waals surface area (Å²) >= 11 is 0. The summed E-state index contributed by atoms with van der Waals surface area (Å²) < 4.78 is 13.4. The Morgan fingerprint density at radius 1 is 1.30 bits per heavy atom. The van der Waals surface area contributed by atoms with Crippen molar-refractivity contribution in [1.29, 1.82) is 0 Å². The standard InChI is InChI=1S/C15H25FN4/c1-12-6-7-13(10-14(12)16)11-19-15(17-2)18-8-5-9-20(3)4/h6-7,10H,5,8-9,11H2,1-4H3,(H2,17,18,19). The molecule has 0 amide bonds. The van der Waals surface area contributed by atoms with Crippen molar-refractivity contribution in [2.45, 2.75) is 19.9 Å². The highest BCUT2D eigenvalue weighted by Crippen LogP contribution is 2.08. The minimum absolute atomic E-state index is 0.168. The fourth-order valence-corrected chi connectivity index (χ4v) is 1.75. The molecule has 1 aromatic carbocycles. The predicted molar refractivity (Wildman–Crippen MR) is 82.5 cm³/mol. The van der Waals surface area contributed by atoms with Crippen LogP contribution in [0, 0.1) is 12.7 Å². The molecular weight excluding hydrogens is 255 g/mol. The highest BCUT2D eigenvalue weighted by molar-refractivity contribution is 5.79. The third-order valence-electron chi connectivity index (χ3n) is 2.99. The van der Waals surface area contributed by atoms with E-state index in [9.17, 15) is 4.39 Å². The molecular formula is C15H25FN4. The van der Waals surface area contributed by atoms with Crippen LogP contribution in [0.1, 0.15) is 17.5 Å². The van der Waals surface area contributed by atoms with Crippen molar-refractivity contribution in [2.24, 2.45) is 4.99 Å². The van der Waals surface area contributed by atoms with Gasteiger partial charge in [0.25, 0.3) is 0 Å². The normalized spacial score (nSPS) is 11.8. The topological polar surface area (TPSA) is 39.7 Å². The Kier molecular flexibility index (Phi) is 7.01. The Labute approximate surface area is 121 Å². The molecule has 112 valence electrons. The molecule has 0 aliphatic heterocycles. The van der Waals surface area contributed by atoms with E-state index in [-0.39, 0.29) is 5.82 Å². The summed E-state index contributed by atoms with van der Waals surface area (Å²) in [7, 11) is 5.84. The first-order chi connectivity index (χ1) is 9.52. The number of benzene rings is 1. The summed E-state index contributed by atoms with van der Waals surface area (Å²) in [6.07, 6.45) is 1.05. The van der Waals surface area contributed by atoms with E-state index in [0.29, 0.717) is 12.1 Å². The van der Waals surface area contributed by atoms with Crippen molar-refractivity contribution in [1.82, 2.24) is 15.5 Å². The highest BCUT2D eigenvalue weighted by Gasteiger charge is 2.01. The lowest BCUT2D eigenvalue weighted by molar-refractivity contribution is 0.399. The van der Waals surface area contributed by atoms with Gasteiger partial charge in [-0.05, 0) is 51.2 Å². The van der Waals surface area contributed by atoms with Gasteiger partial charge >= 0.3 is 0 Å². The number of aryl methyl sites for hydroxylation is 1. The molecule has 0 atom stereocenters. The van der Waals surface area contributed by atoms with Gasteiger partial charge in [-0.25, -0.2) is 4.39 Å². The number of nitrogens with one attached hydrogen (secondary N) is 2. The van der Waals surface area contributed by atoms with Crippen molar-refractivity contribution in [2.75, 3.05) is 34.2 Å². The van der Waals surface area contributed by atoms with Gasteiger partial charge in [-0.3, -0.25) is 4.99 Å². The summed E-state index contributed by atoms with van der Waals surface area (Å²) in [5, 5.41) is 6.42. The van der Waals surface area contributed by atoms with E-state index < -0.39 is 0 Å². The molecule has 1 aromatic rings. The lowest BCUT2D eigenvalue weighted by Crippen LogP contribution is -2.38. The molecule has 0 spiro atoms. The van der Waals surface area contributed by atoms with Gasteiger partial charge in [0, 0.05) is 20.1 Å². The van der Waals surface area contributed by atoms with Crippen molar-refractivity contribution in [3.05, 3.63) is 35.1 Å². The largest absolute Gasteiger partial charge is 0.356 e. The Balaban J connectivity index is 2.36. The summed E-state index contributed by atoms with van der Waals surface area (Å²) in [6, 6.07) is 5.27. The van der Waals surface area contributed by atoms with Crippen molar-refractivity contribution in [3.63, 3.8) is 0 Å². The van der Waals surface area contributed by atoms with Crippen molar-refractivity contribution >= 4 is 5.96 Å². The third-order valence-corrected chi connectivity index (χ3v) is 2.99. The average Bonchev–Trinajstić information content (AvgIpc) is 2.41. The zero-order valence-electron chi connectivity index (χ0n) is 12.8. The van der Waals surface area contributed by atoms with Gasteiger partial charge in [0.05, 0.1) is 0 Å². The van der Waals surface area contributed by atoms with E-state index in [1.807, 2.05) is 6.07 Å². The minimum atomic E-state index is -0.168. The van der Waals surface area contributed by atoms with E-state index in [4.69, 9.17) is 0 Å². The van der Waals surface area contributed by atoms with Crippen LogP contribution in [0.3, 0.4) is 0 Å². The molecule has 0 saturated heterocycles. The summed E-state index contributed by atoms with van der Waals surface area (Å²) in [5.41, 5.74) is 1.57. The number of hydrogen-bond donors (Lipinski definition) is 2. The van der Waals surface area contributed by atoms with Gasteiger partial charge in [-0.1, -0.05) is 12.1 Å². The molecule has 5 heteroatoms. The van der Waals surface area contributed by atoms with Gasteiger partial charge in [0.1, 0.15) is 5.82 Å². The minimum Gasteiger partial charge on any atom is -0.356 e.